The third-order valence-corrected chi connectivity index (χ3v) is 3.20. The summed E-state index contributed by atoms with van der Waals surface area (Å²) in [5.74, 6) is -1.33. The van der Waals surface area contributed by atoms with Crippen molar-refractivity contribution in [2.45, 2.75) is 32.4 Å². The highest BCUT2D eigenvalue weighted by Crippen LogP contribution is 2.31. The number of halogens is 1. The molecule has 122 valence electrons. The number of rotatable bonds is 4. The molecule has 1 unspecified atom stereocenters. The van der Waals surface area contributed by atoms with Crippen LogP contribution in [0.2, 0.25) is 0 Å². The highest BCUT2D eigenvalue weighted by molar-refractivity contribution is 5.86. The second-order valence-electron chi connectivity index (χ2n) is 5.77. The van der Waals surface area contributed by atoms with Crippen LogP contribution in [0.3, 0.4) is 0 Å². The van der Waals surface area contributed by atoms with Crippen LogP contribution in [-0.2, 0) is 9.63 Å². The van der Waals surface area contributed by atoms with Crippen molar-refractivity contribution >= 4 is 12.0 Å². The molecule has 0 aromatic heterocycles. The third-order valence-electron chi connectivity index (χ3n) is 3.20. The molecule has 7 heteroatoms. The maximum atomic E-state index is 14.1. The summed E-state index contributed by atoms with van der Waals surface area (Å²) in [6, 6.07) is 4.26. The zero-order chi connectivity index (χ0) is 17.1. The number of hydrogen-bond donors (Lipinski definition) is 1. The Labute approximate surface area is 129 Å². The number of carbonyl (C=O) groups is 2. The number of benzene rings is 1. The molecular formula is C15H21FN2O4. The van der Waals surface area contributed by atoms with Crippen molar-refractivity contribution in [1.29, 1.82) is 0 Å². The van der Waals surface area contributed by atoms with Gasteiger partial charge in [-0.2, -0.15) is 0 Å². The van der Waals surface area contributed by atoms with E-state index in [1.165, 1.54) is 32.4 Å². The Hall–Kier alpha value is -2.15. The van der Waals surface area contributed by atoms with E-state index in [1.807, 2.05) is 0 Å². The molecule has 1 aromatic rings. The molecule has 0 bridgehead atoms. The minimum atomic E-state index is -1.34. The van der Waals surface area contributed by atoms with Gasteiger partial charge in [-0.1, -0.05) is 18.2 Å². The van der Waals surface area contributed by atoms with Crippen molar-refractivity contribution < 1.29 is 23.9 Å². The van der Waals surface area contributed by atoms with E-state index in [4.69, 9.17) is 4.84 Å². The van der Waals surface area contributed by atoms with Gasteiger partial charge in [0.15, 0.2) is 0 Å². The number of likely N-dealkylation sites (N-methyl/N-ethyl adjacent to an activating group) is 1. The van der Waals surface area contributed by atoms with E-state index in [2.05, 4.69) is 0 Å². The van der Waals surface area contributed by atoms with Crippen molar-refractivity contribution in [3.63, 3.8) is 0 Å². The monoisotopic (exact) mass is 312 g/mol. The average Bonchev–Trinajstić information content (AvgIpc) is 2.42. The second kappa shape index (κ2) is 6.74. The first-order valence-corrected chi connectivity index (χ1v) is 6.69. The van der Waals surface area contributed by atoms with E-state index in [0.717, 1.165) is 9.96 Å². The molecule has 2 amide bonds. The highest BCUT2D eigenvalue weighted by atomic mass is 19.1. The average molecular weight is 312 g/mol. The number of hydrogen-bond acceptors (Lipinski definition) is 3. The molecular weight excluding hydrogens is 291 g/mol. The van der Waals surface area contributed by atoms with Gasteiger partial charge < -0.3 is 5.11 Å². The zero-order valence-electron chi connectivity index (χ0n) is 13.3. The lowest BCUT2D eigenvalue weighted by molar-refractivity contribution is -0.176. The van der Waals surface area contributed by atoms with Crippen molar-refractivity contribution in [2.24, 2.45) is 0 Å². The summed E-state index contributed by atoms with van der Waals surface area (Å²) in [5.41, 5.74) is -0.933. The van der Waals surface area contributed by atoms with Gasteiger partial charge in [0.2, 0.25) is 0 Å². The van der Waals surface area contributed by atoms with Gasteiger partial charge in [0.05, 0.1) is 7.11 Å². The van der Waals surface area contributed by atoms with Crippen LogP contribution in [-0.4, -0.2) is 46.8 Å². The molecule has 0 aliphatic carbocycles. The highest BCUT2D eigenvalue weighted by Gasteiger charge is 2.41. The van der Waals surface area contributed by atoms with Gasteiger partial charge in [0.25, 0.3) is 5.91 Å². The van der Waals surface area contributed by atoms with Crippen molar-refractivity contribution in [2.75, 3.05) is 14.2 Å². The summed E-state index contributed by atoms with van der Waals surface area (Å²) in [6.45, 7) is 4.90. The zero-order valence-corrected chi connectivity index (χ0v) is 13.3. The molecule has 0 fully saturated rings. The van der Waals surface area contributed by atoms with E-state index in [1.54, 1.807) is 26.8 Å². The quantitative estimate of drug-likeness (QED) is 0.868. The maximum absolute atomic E-state index is 14.1. The molecule has 1 N–H and O–H groups in total. The van der Waals surface area contributed by atoms with Gasteiger partial charge in [0, 0.05) is 18.2 Å². The molecule has 0 radical (unpaired) electrons. The van der Waals surface area contributed by atoms with Gasteiger partial charge >= 0.3 is 6.09 Å². The number of carboxylic acid groups (broad SMARTS) is 1. The molecule has 0 aliphatic heterocycles. The lowest BCUT2D eigenvalue weighted by Gasteiger charge is -2.39. The summed E-state index contributed by atoms with van der Waals surface area (Å²) in [4.78, 5) is 30.0. The SMILES string of the molecule is CON(C)C(=O)C(c1ccccc1F)N(C(=O)O)C(C)(C)C. The summed E-state index contributed by atoms with van der Waals surface area (Å²) in [6.07, 6.45) is -1.32. The van der Waals surface area contributed by atoms with Gasteiger partial charge in [-0.05, 0) is 26.8 Å². The molecule has 0 heterocycles. The summed E-state index contributed by atoms with van der Waals surface area (Å²) in [7, 11) is 2.62. The fraction of sp³-hybridized carbons (Fsp3) is 0.467. The van der Waals surface area contributed by atoms with Crippen LogP contribution < -0.4 is 0 Å². The number of carbonyl (C=O) groups excluding carboxylic acids is 1. The van der Waals surface area contributed by atoms with Crippen LogP contribution in [0, 0.1) is 5.82 Å². The lowest BCUT2D eigenvalue weighted by atomic mass is 9.97. The summed E-state index contributed by atoms with van der Waals surface area (Å²) >= 11 is 0. The minimum Gasteiger partial charge on any atom is -0.465 e. The van der Waals surface area contributed by atoms with Crippen LogP contribution in [0.25, 0.3) is 0 Å². The summed E-state index contributed by atoms with van der Waals surface area (Å²) in [5, 5.41) is 10.4. The van der Waals surface area contributed by atoms with Gasteiger partial charge in [0.1, 0.15) is 11.9 Å². The Morgan fingerprint density at radius 3 is 2.23 bits per heavy atom. The molecule has 6 nitrogen and oxygen atoms in total. The molecule has 1 aromatic carbocycles. The standard InChI is InChI=1S/C15H21FN2O4/c1-15(2,3)18(14(20)21)12(13(19)17(4)22-5)10-8-6-7-9-11(10)16/h6-9,12H,1-5H3,(H,20,21). The Balaban J connectivity index is 3.49. The first-order chi connectivity index (χ1) is 10.1. The van der Waals surface area contributed by atoms with E-state index < -0.39 is 29.4 Å². The van der Waals surface area contributed by atoms with E-state index in [-0.39, 0.29) is 5.56 Å². The van der Waals surface area contributed by atoms with E-state index in [0.29, 0.717) is 0 Å². The van der Waals surface area contributed by atoms with Crippen molar-refractivity contribution in [1.82, 2.24) is 9.96 Å². The first-order valence-electron chi connectivity index (χ1n) is 6.69. The summed E-state index contributed by atoms with van der Waals surface area (Å²) < 4.78 is 14.1. The minimum absolute atomic E-state index is 0.0197. The predicted molar refractivity (Wildman–Crippen MR) is 78.5 cm³/mol. The van der Waals surface area contributed by atoms with Crippen molar-refractivity contribution in [3.05, 3.63) is 35.6 Å². The molecule has 1 atom stereocenters. The molecule has 0 spiro atoms. The second-order valence-corrected chi connectivity index (χ2v) is 5.77. The van der Waals surface area contributed by atoms with E-state index in [9.17, 15) is 19.1 Å². The first kappa shape index (κ1) is 17.9. The molecule has 1 rings (SSSR count). The van der Waals surface area contributed by atoms with Gasteiger partial charge in [-0.3, -0.25) is 14.5 Å². The molecule has 0 aliphatic rings. The smallest absolute Gasteiger partial charge is 0.408 e. The maximum Gasteiger partial charge on any atom is 0.408 e. The van der Waals surface area contributed by atoms with Crippen LogP contribution in [0.1, 0.15) is 32.4 Å². The fourth-order valence-electron chi connectivity index (χ4n) is 2.13. The molecule has 0 saturated carbocycles. The Bertz CT molecular complexity index is 557. The van der Waals surface area contributed by atoms with Gasteiger partial charge in [-0.25, -0.2) is 14.2 Å². The molecule has 22 heavy (non-hydrogen) atoms. The number of hydroxylamine groups is 2. The van der Waals surface area contributed by atoms with Gasteiger partial charge in [-0.15, -0.1) is 0 Å². The topological polar surface area (TPSA) is 70.1 Å². The normalized spacial score (nSPS) is 12.6. The predicted octanol–water partition coefficient (Wildman–Crippen LogP) is 2.67. The fourth-order valence-corrected chi connectivity index (χ4v) is 2.13. The Kier molecular flexibility index (Phi) is 5.48. The molecule has 0 saturated heterocycles. The Morgan fingerprint density at radius 1 is 1.27 bits per heavy atom. The largest absolute Gasteiger partial charge is 0.465 e. The number of amides is 2. The van der Waals surface area contributed by atoms with Crippen LogP contribution in [0.15, 0.2) is 24.3 Å². The number of nitrogens with zero attached hydrogens (tertiary/aromatic N) is 2. The lowest BCUT2D eigenvalue weighted by Crippen LogP contribution is -2.52. The van der Waals surface area contributed by atoms with Crippen LogP contribution in [0.4, 0.5) is 9.18 Å². The van der Waals surface area contributed by atoms with E-state index >= 15 is 0 Å². The van der Waals surface area contributed by atoms with Crippen molar-refractivity contribution in [3.8, 4) is 0 Å². The Morgan fingerprint density at radius 2 is 1.82 bits per heavy atom. The van der Waals surface area contributed by atoms with Crippen LogP contribution in [0.5, 0.6) is 0 Å². The third kappa shape index (κ3) is 3.73. The van der Waals surface area contributed by atoms with Crippen LogP contribution >= 0.6 is 0 Å².